The Hall–Kier alpha value is -0.760. The highest BCUT2D eigenvalue weighted by atomic mass is 79.9. The minimum atomic E-state index is -0.446. The smallest absolute Gasteiger partial charge is 0.410 e. The summed E-state index contributed by atoms with van der Waals surface area (Å²) in [6.07, 6.45) is 3.91. The molecule has 0 bridgehead atoms. The van der Waals surface area contributed by atoms with Gasteiger partial charge in [-0.05, 0) is 79.6 Å². The monoisotopic (exact) mass is 418 g/mol. The maximum Gasteiger partial charge on any atom is 0.410 e. The van der Waals surface area contributed by atoms with Crippen molar-refractivity contribution in [3.05, 3.63) is 0 Å². The van der Waals surface area contributed by atoms with E-state index in [0.29, 0.717) is 10.6 Å². The zero-order valence-electron chi connectivity index (χ0n) is 14.7. The van der Waals surface area contributed by atoms with Crippen LogP contribution < -0.4 is 0 Å². The topological polar surface area (TPSA) is 80.5 Å². The first kappa shape index (κ1) is 19.6. The lowest BCUT2D eigenvalue weighted by atomic mass is 9.71. The van der Waals surface area contributed by atoms with Gasteiger partial charge in [-0.3, -0.25) is 10.8 Å². The molecule has 0 aliphatic carbocycles. The molecule has 136 valence electrons. The fourth-order valence-corrected chi connectivity index (χ4v) is 4.27. The number of amidine groups is 1. The van der Waals surface area contributed by atoms with Gasteiger partial charge in [0, 0.05) is 26.2 Å². The summed E-state index contributed by atoms with van der Waals surface area (Å²) in [5, 5.41) is 15.9. The Balaban J connectivity index is 1.81. The van der Waals surface area contributed by atoms with Crippen LogP contribution in [0, 0.1) is 16.2 Å². The molecule has 2 fully saturated rings. The number of piperidine rings is 2. The van der Waals surface area contributed by atoms with Gasteiger partial charge in [0.1, 0.15) is 9.55 Å². The molecule has 0 saturated carbocycles. The number of rotatable bonds is 0. The van der Waals surface area contributed by atoms with Crippen LogP contribution in [0.3, 0.4) is 0 Å². The van der Waals surface area contributed by atoms with Crippen LogP contribution in [0.1, 0.15) is 46.5 Å². The van der Waals surface area contributed by atoms with Gasteiger partial charge in [-0.15, -0.1) is 0 Å². The summed E-state index contributed by atoms with van der Waals surface area (Å²) in [4.78, 5) is 16.0. The van der Waals surface area contributed by atoms with Gasteiger partial charge in [0.05, 0.1) is 0 Å². The van der Waals surface area contributed by atoms with Crippen molar-refractivity contribution >= 4 is 42.9 Å². The van der Waals surface area contributed by atoms with Crippen LogP contribution in [0.4, 0.5) is 4.79 Å². The van der Waals surface area contributed by atoms with E-state index in [4.69, 9.17) is 15.6 Å². The molecule has 0 atom stereocenters. The van der Waals surface area contributed by atoms with Crippen LogP contribution in [0.2, 0.25) is 0 Å². The Morgan fingerprint density at radius 2 is 1.50 bits per heavy atom. The summed E-state index contributed by atoms with van der Waals surface area (Å²) in [5.74, 6) is 0. The maximum atomic E-state index is 12.2. The summed E-state index contributed by atoms with van der Waals surface area (Å²) >= 11 is 4.23. The molecule has 0 unspecified atom stereocenters. The largest absolute Gasteiger partial charge is 0.444 e. The van der Waals surface area contributed by atoms with Crippen LogP contribution in [0.15, 0.2) is 0 Å². The van der Waals surface area contributed by atoms with E-state index in [1.165, 1.54) is 0 Å². The number of halogens is 1. The number of carbonyl (C=O) groups is 1. The molecule has 24 heavy (non-hydrogen) atoms. The van der Waals surface area contributed by atoms with Gasteiger partial charge in [-0.2, -0.15) is 0 Å². The van der Waals surface area contributed by atoms with Gasteiger partial charge in [-0.1, -0.05) is 0 Å². The second-order valence-electron chi connectivity index (χ2n) is 7.64. The van der Waals surface area contributed by atoms with Crippen LogP contribution >= 0.6 is 27.7 Å². The number of hydrogen-bond donors (Lipinski definition) is 2. The van der Waals surface area contributed by atoms with E-state index in [1.54, 1.807) is 0 Å². The summed E-state index contributed by atoms with van der Waals surface area (Å²) in [6.45, 7) is 8.92. The molecule has 2 saturated heterocycles. The van der Waals surface area contributed by atoms with E-state index in [-0.39, 0.29) is 10.0 Å². The van der Waals surface area contributed by atoms with Gasteiger partial charge in [0.25, 0.3) is 0 Å². The highest BCUT2D eigenvalue weighted by Gasteiger charge is 2.39. The van der Waals surface area contributed by atoms with Crippen molar-refractivity contribution < 1.29 is 9.53 Å². The van der Waals surface area contributed by atoms with Gasteiger partial charge < -0.3 is 14.5 Å². The number of thioether (sulfide) groups is 1. The number of likely N-dealkylation sites (tertiary alicyclic amines) is 2. The number of ether oxygens (including phenoxy) is 1. The first-order chi connectivity index (χ1) is 11.1. The Labute approximate surface area is 156 Å². The van der Waals surface area contributed by atoms with Crippen LogP contribution in [0.25, 0.3) is 0 Å². The standard InChI is InChI=1S/C16H27BrN4O2S/c1-15(2,3)23-14(22)21-10-6-16(7-11-21)4-8-20(9-5-16)13(19)24-12(17)18/h18-19H,4-11H2,1-3H3. The number of nitrogens with one attached hydrogen (secondary N) is 2. The van der Waals surface area contributed by atoms with Gasteiger partial charge in [0.2, 0.25) is 0 Å². The van der Waals surface area contributed by atoms with Crippen molar-refractivity contribution in [2.24, 2.45) is 5.41 Å². The molecule has 2 rings (SSSR count). The summed E-state index contributed by atoms with van der Waals surface area (Å²) in [7, 11) is 0. The highest BCUT2D eigenvalue weighted by molar-refractivity contribution is 9.22. The number of nitrogens with zero attached hydrogens (tertiary/aromatic N) is 2. The molecule has 0 aromatic heterocycles. The Morgan fingerprint density at radius 3 is 1.92 bits per heavy atom. The summed E-state index contributed by atoms with van der Waals surface area (Å²) in [6, 6.07) is 0. The van der Waals surface area contributed by atoms with Crippen molar-refractivity contribution in [2.75, 3.05) is 26.2 Å². The average molecular weight is 419 g/mol. The van der Waals surface area contributed by atoms with Gasteiger partial charge in [-0.25, -0.2) is 4.79 Å². The van der Waals surface area contributed by atoms with E-state index in [0.717, 1.165) is 63.6 Å². The molecule has 1 spiro atoms. The van der Waals surface area contributed by atoms with Crippen molar-refractivity contribution in [2.45, 2.75) is 52.1 Å². The molecule has 2 aliphatic heterocycles. The van der Waals surface area contributed by atoms with E-state index < -0.39 is 5.60 Å². The van der Waals surface area contributed by atoms with Crippen LogP contribution in [-0.2, 0) is 4.74 Å². The zero-order chi connectivity index (χ0) is 18.0. The third-order valence-electron chi connectivity index (χ3n) is 4.77. The molecule has 0 radical (unpaired) electrons. The molecule has 2 aliphatic rings. The van der Waals surface area contributed by atoms with Crippen LogP contribution in [0.5, 0.6) is 0 Å². The zero-order valence-corrected chi connectivity index (χ0v) is 17.1. The number of hydrogen-bond acceptors (Lipinski definition) is 5. The lowest BCUT2D eigenvalue weighted by Crippen LogP contribution is -2.49. The summed E-state index contributed by atoms with van der Waals surface area (Å²) < 4.78 is 5.74. The van der Waals surface area contributed by atoms with E-state index in [9.17, 15) is 4.79 Å². The predicted molar refractivity (Wildman–Crippen MR) is 102 cm³/mol. The Kier molecular flexibility index (Phi) is 6.23. The number of carbonyl (C=O) groups excluding carboxylic acids is 1. The second-order valence-corrected chi connectivity index (χ2v) is 9.95. The summed E-state index contributed by atoms with van der Waals surface area (Å²) in [5.41, 5.74) is -0.152. The molecule has 2 N–H and O–H groups in total. The normalized spacial score (nSPS) is 20.8. The minimum absolute atomic E-state index is 0.205. The van der Waals surface area contributed by atoms with E-state index >= 15 is 0 Å². The SMILES string of the molecule is CC(C)(C)OC(=O)N1CCC2(CCN(C(=N)SC(=N)Br)CC2)CC1. The molecule has 6 nitrogen and oxygen atoms in total. The molecule has 8 heteroatoms. The molecular weight excluding hydrogens is 392 g/mol. The quantitative estimate of drug-likeness (QED) is 0.458. The van der Waals surface area contributed by atoms with E-state index in [1.807, 2.05) is 30.6 Å². The van der Waals surface area contributed by atoms with Crippen molar-refractivity contribution in [3.8, 4) is 0 Å². The Bertz CT molecular complexity index is 503. The van der Waals surface area contributed by atoms with Crippen molar-refractivity contribution in [3.63, 3.8) is 0 Å². The fraction of sp³-hybridized carbons (Fsp3) is 0.812. The third kappa shape index (κ3) is 5.37. The lowest BCUT2D eigenvalue weighted by molar-refractivity contribution is 0.00206. The van der Waals surface area contributed by atoms with E-state index in [2.05, 4.69) is 15.9 Å². The van der Waals surface area contributed by atoms with Crippen molar-refractivity contribution in [1.29, 1.82) is 10.8 Å². The van der Waals surface area contributed by atoms with Crippen molar-refractivity contribution in [1.82, 2.24) is 9.80 Å². The third-order valence-corrected chi connectivity index (χ3v) is 5.89. The van der Waals surface area contributed by atoms with Gasteiger partial charge >= 0.3 is 6.09 Å². The molecule has 0 aromatic rings. The molecule has 0 aromatic carbocycles. The first-order valence-corrected chi connectivity index (χ1v) is 9.95. The Morgan fingerprint density at radius 1 is 1.04 bits per heavy atom. The highest BCUT2D eigenvalue weighted by Crippen LogP contribution is 2.41. The minimum Gasteiger partial charge on any atom is -0.444 e. The predicted octanol–water partition coefficient (Wildman–Crippen LogP) is 4.10. The number of amides is 1. The fourth-order valence-electron chi connectivity index (χ4n) is 3.32. The second kappa shape index (κ2) is 7.64. The van der Waals surface area contributed by atoms with Crippen LogP contribution in [-0.4, -0.2) is 56.8 Å². The molecule has 1 amide bonds. The maximum absolute atomic E-state index is 12.2. The molecule has 2 heterocycles. The molecular formula is C16H27BrN4O2S. The average Bonchev–Trinajstić information content (AvgIpc) is 2.46. The van der Waals surface area contributed by atoms with Gasteiger partial charge in [0.15, 0.2) is 5.17 Å². The lowest BCUT2D eigenvalue weighted by Gasteiger charge is -2.47. The first-order valence-electron chi connectivity index (χ1n) is 8.34.